The van der Waals surface area contributed by atoms with E-state index in [-0.39, 0.29) is 11.9 Å². The van der Waals surface area contributed by atoms with Gasteiger partial charge in [0.1, 0.15) is 0 Å². The van der Waals surface area contributed by atoms with Crippen LogP contribution in [-0.2, 0) is 0 Å². The van der Waals surface area contributed by atoms with Gasteiger partial charge in [-0.2, -0.15) is 5.10 Å². The highest BCUT2D eigenvalue weighted by atomic mass is 35.5. The molecule has 3 aromatic heterocycles. The Kier molecular flexibility index (Phi) is 5.10. The van der Waals surface area contributed by atoms with Gasteiger partial charge in [-0.05, 0) is 45.9 Å². The minimum absolute atomic E-state index is 0.198. The minimum Gasteiger partial charge on any atom is -0.298 e. The van der Waals surface area contributed by atoms with Crippen LogP contribution in [0.3, 0.4) is 0 Å². The Balaban J connectivity index is 1.62. The monoisotopic (exact) mass is 425 g/mol. The van der Waals surface area contributed by atoms with Gasteiger partial charge >= 0.3 is 0 Å². The van der Waals surface area contributed by atoms with Crippen molar-refractivity contribution in [2.45, 2.75) is 33.7 Å². The van der Waals surface area contributed by atoms with Gasteiger partial charge in [-0.1, -0.05) is 23.7 Å². The molecule has 148 valence electrons. The molecule has 0 saturated heterocycles. The predicted molar refractivity (Wildman–Crippen MR) is 118 cm³/mol. The first kappa shape index (κ1) is 19.5. The Bertz CT molecular complexity index is 1210. The van der Waals surface area contributed by atoms with E-state index in [1.807, 2.05) is 62.7 Å². The SMILES string of the molecule is Cc1nc2c(cnn2C(C)C)cc1C(=O)Nc1nc(-c2ccc(Cl)cc2)c(C)s1. The number of hydrogen-bond acceptors (Lipinski definition) is 5. The van der Waals surface area contributed by atoms with Gasteiger partial charge in [0.2, 0.25) is 0 Å². The number of anilines is 1. The number of amides is 1. The van der Waals surface area contributed by atoms with Crippen LogP contribution >= 0.6 is 22.9 Å². The van der Waals surface area contributed by atoms with Crippen LogP contribution in [0.2, 0.25) is 5.02 Å². The van der Waals surface area contributed by atoms with Gasteiger partial charge < -0.3 is 0 Å². The molecule has 0 spiro atoms. The van der Waals surface area contributed by atoms with Crippen molar-refractivity contribution in [3.63, 3.8) is 0 Å². The second-order valence-corrected chi connectivity index (χ2v) is 8.74. The normalized spacial score (nSPS) is 11.4. The Morgan fingerprint density at radius 3 is 2.59 bits per heavy atom. The summed E-state index contributed by atoms with van der Waals surface area (Å²) in [7, 11) is 0. The summed E-state index contributed by atoms with van der Waals surface area (Å²) in [6.45, 7) is 7.91. The van der Waals surface area contributed by atoms with Crippen molar-refractivity contribution in [2.75, 3.05) is 5.32 Å². The van der Waals surface area contributed by atoms with Crippen LogP contribution in [0.25, 0.3) is 22.3 Å². The molecule has 0 saturated carbocycles. The average Bonchev–Trinajstić information content (AvgIpc) is 3.24. The van der Waals surface area contributed by atoms with Crippen LogP contribution in [0.5, 0.6) is 0 Å². The van der Waals surface area contributed by atoms with E-state index in [1.54, 1.807) is 6.20 Å². The highest BCUT2D eigenvalue weighted by Gasteiger charge is 2.18. The topological polar surface area (TPSA) is 72.7 Å². The molecule has 8 heteroatoms. The molecule has 6 nitrogen and oxygen atoms in total. The third-order valence-electron chi connectivity index (χ3n) is 4.63. The molecular formula is C21H20ClN5OS. The first-order valence-corrected chi connectivity index (χ1v) is 10.4. The summed E-state index contributed by atoms with van der Waals surface area (Å²) in [5, 5.41) is 9.35. The van der Waals surface area contributed by atoms with Crippen LogP contribution < -0.4 is 5.32 Å². The number of nitrogens with one attached hydrogen (secondary N) is 1. The van der Waals surface area contributed by atoms with Crippen molar-refractivity contribution in [1.82, 2.24) is 19.7 Å². The van der Waals surface area contributed by atoms with E-state index in [4.69, 9.17) is 11.6 Å². The van der Waals surface area contributed by atoms with Crippen molar-refractivity contribution in [2.24, 2.45) is 0 Å². The van der Waals surface area contributed by atoms with Crippen LogP contribution in [0.4, 0.5) is 5.13 Å². The fourth-order valence-corrected chi connectivity index (χ4v) is 4.12. The molecular weight excluding hydrogens is 406 g/mol. The van der Waals surface area contributed by atoms with E-state index in [0.29, 0.717) is 21.4 Å². The number of rotatable bonds is 4. The summed E-state index contributed by atoms with van der Waals surface area (Å²) in [5.74, 6) is -0.231. The minimum atomic E-state index is -0.231. The zero-order chi connectivity index (χ0) is 20.7. The predicted octanol–water partition coefficient (Wildman–Crippen LogP) is 5.66. The Morgan fingerprint density at radius 1 is 1.17 bits per heavy atom. The van der Waals surface area contributed by atoms with Gasteiger partial charge in [-0.15, -0.1) is 11.3 Å². The number of halogens is 1. The quantitative estimate of drug-likeness (QED) is 0.458. The zero-order valence-electron chi connectivity index (χ0n) is 16.5. The summed E-state index contributed by atoms with van der Waals surface area (Å²) in [6.07, 6.45) is 1.74. The molecule has 4 rings (SSSR count). The van der Waals surface area contributed by atoms with Crippen molar-refractivity contribution >= 4 is 45.0 Å². The lowest BCUT2D eigenvalue weighted by molar-refractivity contribution is 0.102. The van der Waals surface area contributed by atoms with Crippen LogP contribution in [0.1, 0.15) is 40.8 Å². The number of pyridine rings is 1. The highest BCUT2D eigenvalue weighted by molar-refractivity contribution is 7.16. The Labute approximate surface area is 177 Å². The van der Waals surface area contributed by atoms with E-state index < -0.39 is 0 Å². The molecule has 0 radical (unpaired) electrons. The Hall–Kier alpha value is -2.77. The molecule has 0 bridgehead atoms. The van der Waals surface area contributed by atoms with Crippen LogP contribution in [0, 0.1) is 13.8 Å². The summed E-state index contributed by atoms with van der Waals surface area (Å²) in [6, 6.07) is 9.53. The number of fused-ring (bicyclic) bond motifs is 1. The molecule has 0 fully saturated rings. The standard InChI is InChI=1S/C21H20ClN5OS/c1-11(2)27-19-15(10-23-27)9-17(12(3)24-19)20(28)26-21-25-18(13(4)29-21)14-5-7-16(22)8-6-14/h5-11H,1-4H3,(H,25,26,28). The van der Waals surface area contributed by atoms with Gasteiger partial charge in [0.05, 0.1) is 23.1 Å². The van der Waals surface area contributed by atoms with Gasteiger partial charge in [-0.3, -0.25) is 10.1 Å². The summed E-state index contributed by atoms with van der Waals surface area (Å²) in [5.41, 5.74) is 3.75. The maximum atomic E-state index is 12.9. The van der Waals surface area contributed by atoms with Crippen molar-refractivity contribution in [1.29, 1.82) is 0 Å². The molecule has 1 N–H and O–H groups in total. The molecule has 0 unspecified atom stereocenters. The molecule has 0 aliphatic rings. The molecule has 1 aromatic carbocycles. The number of nitrogens with zero attached hydrogens (tertiary/aromatic N) is 4. The average molecular weight is 426 g/mol. The molecule has 4 aromatic rings. The van der Waals surface area contributed by atoms with E-state index in [2.05, 4.69) is 20.4 Å². The Morgan fingerprint density at radius 2 is 1.90 bits per heavy atom. The lowest BCUT2D eigenvalue weighted by atomic mass is 10.1. The van der Waals surface area contributed by atoms with Gasteiger partial charge in [0, 0.05) is 26.9 Å². The largest absolute Gasteiger partial charge is 0.298 e. The van der Waals surface area contributed by atoms with Crippen molar-refractivity contribution < 1.29 is 4.79 Å². The van der Waals surface area contributed by atoms with Crippen molar-refractivity contribution in [3.8, 4) is 11.3 Å². The number of carbonyl (C=O) groups is 1. The molecule has 0 aliphatic heterocycles. The zero-order valence-corrected chi connectivity index (χ0v) is 18.1. The van der Waals surface area contributed by atoms with Crippen LogP contribution in [0.15, 0.2) is 36.5 Å². The summed E-state index contributed by atoms with van der Waals surface area (Å²) >= 11 is 7.41. The number of carbonyl (C=O) groups excluding carboxylic acids is 1. The van der Waals surface area contributed by atoms with Gasteiger partial charge in [-0.25, -0.2) is 14.6 Å². The smallest absolute Gasteiger partial charge is 0.259 e. The molecule has 29 heavy (non-hydrogen) atoms. The second-order valence-electron chi connectivity index (χ2n) is 7.10. The third-order valence-corrected chi connectivity index (χ3v) is 5.77. The van der Waals surface area contributed by atoms with Crippen molar-refractivity contribution in [3.05, 3.63) is 57.7 Å². The van der Waals surface area contributed by atoms with Gasteiger partial charge in [0.15, 0.2) is 10.8 Å². The van der Waals surface area contributed by atoms with Gasteiger partial charge in [0.25, 0.3) is 5.91 Å². The maximum absolute atomic E-state index is 12.9. The number of benzene rings is 1. The highest BCUT2D eigenvalue weighted by Crippen LogP contribution is 2.31. The fourth-order valence-electron chi connectivity index (χ4n) is 3.16. The molecule has 0 atom stereocenters. The summed E-state index contributed by atoms with van der Waals surface area (Å²) < 4.78 is 1.85. The second kappa shape index (κ2) is 7.57. The number of aromatic nitrogens is 4. The first-order valence-electron chi connectivity index (χ1n) is 9.23. The summed E-state index contributed by atoms with van der Waals surface area (Å²) in [4.78, 5) is 23.1. The maximum Gasteiger partial charge on any atom is 0.259 e. The van der Waals surface area contributed by atoms with Crippen LogP contribution in [-0.4, -0.2) is 25.7 Å². The number of thiazole rings is 1. The van der Waals surface area contributed by atoms with E-state index in [0.717, 1.165) is 27.2 Å². The molecule has 1 amide bonds. The lowest BCUT2D eigenvalue weighted by Crippen LogP contribution is -2.14. The molecule has 0 aliphatic carbocycles. The number of hydrogen-bond donors (Lipinski definition) is 1. The third kappa shape index (κ3) is 3.75. The molecule has 3 heterocycles. The van der Waals surface area contributed by atoms with E-state index >= 15 is 0 Å². The number of aryl methyl sites for hydroxylation is 2. The fraction of sp³-hybridized carbons (Fsp3) is 0.238. The van der Waals surface area contributed by atoms with E-state index in [1.165, 1.54) is 11.3 Å². The first-order chi connectivity index (χ1) is 13.8. The van der Waals surface area contributed by atoms with E-state index in [9.17, 15) is 4.79 Å². The lowest BCUT2D eigenvalue weighted by Gasteiger charge is -2.09.